The molecule has 0 aliphatic heterocycles. The predicted octanol–water partition coefficient (Wildman–Crippen LogP) is 0.694. The summed E-state index contributed by atoms with van der Waals surface area (Å²) in [7, 11) is 0. The monoisotopic (exact) mass is 305 g/mol. The highest BCUT2D eigenvalue weighted by Crippen LogP contribution is 2.10. The van der Waals surface area contributed by atoms with E-state index in [4.69, 9.17) is 10.8 Å². The second-order valence-electron chi connectivity index (χ2n) is 4.10. The number of nitrogens with zero attached hydrogens (tertiary/aromatic N) is 5. The molecule has 0 aliphatic rings. The van der Waals surface area contributed by atoms with Gasteiger partial charge in [0.1, 0.15) is 11.9 Å². The lowest BCUT2D eigenvalue weighted by molar-refractivity contribution is -0.138. The normalized spacial score (nSPS) is 11.1. The van der Waals surface area contributed by atoms with Crippen LogP contribution in [0.5, 0.6) is 0 Å². The number of anilines is 2. The second kappa shape index (κ2) is 8.57. The smallest absolute Gasteiger partial charge is 0.320 e. The van der Waals surface area contributed by atoms with E-state index < -0.39 is 12.0 Å². The first-order valence-electron chi connectivity index (χ1n) is 6.79. The summed E-state index contributed by atoms with van der Waals surface area (Å²) in [6.07, 6.45) is 1.76. The number of nitrogens with two attached hydrogens (primary N) is 1. The van der Waals surface area contributed by atoms with E-state index in [1.807, 2.05) is 13.8 Å². The molecule has 9 heteroatoms. The van der Waals surface area contributed by atoms with Crippen LogP contribution in [0, 0.1) is 6.92 Å². The maximum atomic E-state index is 10.7. The number of hydrogen-bond donors (Lipinski definition) is 3. The van der Waals surface area contributed by atoms with Crippen molar-refractivity contribution in [1.29, 1.82) is 0 Å². The third-order valence-electron chi connectivity index (χ3n) is 2.42. The molecule has 0 fully saturated rings. The SMILES string of the molecule is CC.Cc1nnc(Nc2ccc(C[C@H](N)C(=O)O)cn2)nn1. The third-order valence-corrected chi connectivity index (χ3v) is 2.42. The van der Waals surface area contributed by atoms with Gasteiger partial charge in [0.15, 0.2) is 5.82 Å². The number of hydrogen-bond acceptors (Lipinski definition) is 8. The van der Waals surface area contributed by atoms with Crippen LogP contribution < -0.4 is 11.1 Å². The van der Waals surface area contributed by atoms with Crippen LogP contribution in [-0.2, 0) is 11.2 Å². The first-order chi connectivity index (χ1) is 10.5. The first-order valence-corrected chi connectivity index (χ1v) is 6.79. The van der Waals surface area contributed by atoms with Gasteiger partial charge in [-0.15, -0.1) is 20.4 Å². The van der Waals surface area contributed by atoms with Crippen molar-refractivity contribution in [3.63, 3.8) is 0 Å². The molecule has 0 radical (unpaired) electrons. The zero-order valence-corrected chi connectivity index (χ0v) is 12.7. The molecule has 0 spiro atoms. The van der Waals surface area contributed by atoms with E-state index in [-0.39, 0.29) is 12.4 Å². The van der Waals surface area contributed by atoms with Gasteiger partial charge < -0.3 is 16.2 Å². The maximum absolute atomic E-state index is 10.7. The summed E-state index contributed by atoms with van der Waals surface area (Å²) in [6.45, 7) is 5.68. The van der Waals surface area contributed by atoms with Crippen LogP contribution in [0.25, 0.3) is 0 Å². The van der Waals surface area contributed by atoms with Crippen molar-refractivity contribution in [2.75, 3.05) is 5.32 Å². The van der Waals surface area contributed by atoms with Crippen molar-refractivity contribution in [2.45, 2.75) is 33.2 Å². The number of rotatable bonds is 5. The molecule has 2 aromatic heterocycles. The summed E-state index contributed by atoms with van der Waals surface area (Å²) < 4.78 is 0. The van der Waals surface area contributed by atoms with Gasteiger partial charge in [-0.2, -0.15) is 0 Å². The lowest BCUT2D eigenvalue weighted by atomic mass is 10.1. The zero-order valence-electron chi connectivity index (χ0n) is 12.7. The highest BCUT2D eigenvalue weighted by atomic mass is 16.4. The molecule has 0 aliphatic carbocycles. The van der Waals surface area contributed by atoms with Gasteiger partial charge in [0, 0.05) is 6.20 Å². The van der Waals surface area contributed by atoms with Gasteiger partial charge in [-0.3, -0.25) is 4.79 Å². The van der Waals surface area contributed by atoms with Gasteiger partial charge in [0.2, 0.25) is 0 Å². The molecular formula is C13H19N7O2. The van der Waals surface area contributed by atoms with Gasteiger partial charge in [-0.1, -0.05) is 19.9 Å². The van der Waals surface area contributed by atoms with Crippen molar-refractivity contribution in [1.82, 2.24) is 25.4 Å². The van der Waals surface area contributed by atoms with Crippen LogP contribution in [0.1, 0.15) is 25.2 Å². The molecular weight excluding hydrogens is 286 g/mol. The average Bonchev–Trinajstić information content (AvgIpc) is 2.53. The number of aliphatic carboxylic acids is 1. The largest absolute Gasteiger partial charge is 0.480 e. The van der Waals surface area contributed by atoms with Gasteiger partial charge in [-0.05, 0) is 25.0 Å². The van der Waals surface area contributed by atoms with E-state index in [1.165, 1.54) is 0 Å². The summed E-state index contributed by atoms with van der Waals surface area (Å²) in [6, 6.07) is 2.46. The van der Waals surface area contributed by atoms with Crippen molar-refractivity contribution in [3.8, 4) is 0 Å². The molecule has 2 aromatic rings. The fraction of sp³-hybridized carbons (Fsp3) is 0.385. The predicted molar refractivity (Wildman–Crippen MR) is 80.5 cm³/mol. The summed E-state index contributed by atoms with van der Waals surface area (Å²) in [5, 5.41) is 26.7. The van der Waals surface area contributed by atoms with Crippen molar-refractivity contribution < 1.29 is 9.90 Å². The summed E-state index contributed by atoms with van der Waals surface area (Å²) >= 11 is 0. The Morgan fingerprint density at radius 2 is 1.91 bits per heavy atom. The number of pyridine rings is 1. The van der Waals surface area contributed by atoms with Crippen LogP contribution in [0.3, 0.4) is 0 Å². The standard InChI is InChI=1S/C11H13N7O2.C2H6/c1-6-15-17-11(18-16-6)14-9-3-2-7(5-13-9)4-8(12)10(19)20;1-2/h2-3,5,8H,4,12H2,1H3,(H,19,20)(H,13,14,17,18);1-2H3/t8-;/m0./s1. The Kier molecular flexibility index (Phi) is 6.77. The third kappa shape index (κ3) is 5.37. The Morgan fingerprint density at radius 3 is 2.41 bits per heavy atom. The average molecular weight is 305 g/mol. The Labute approximate surface area is 128 Å². The molecule has 1 atom stereocenters. The molecule has 22 heavy (non-hydrogen) atoms. The molecule has 0 saturated carbocycles. The molecule has 118 valence electrons. The van der Waals surface area contributed by atoms with Crippen LogP contribution in [-0.4, -0.2) is 42.5 Å². The quantitative estimate of drug-likeness (QED) is 0.727. The number of carbonyl (C=O) groups is 1. The van der Waals surface area contributed by atoms with Gasteiger partial charge in [-0.25, -0.2) is 4.98 Å². The van der Waals surface area contributed by atoms with Gasteiger partial charge in [0.25, 0.3) is 5.95 Å². The van der Waals surface area contributed by atoms with Crippen LogP contribution in [0.2, 0.25) is 0 Å². The Morgan fingerprint density at radius 1 is 1.27 bits per heavy atom. The van der Waals surface area contributed by atoms with Gasteiger partial charge >= 0.3 is 5.97 Å². The number of nitrogens with one attached hydrogen (secondary N) is 1. The number of carboxylic acid groups (broad SMARTS) is 1. The number of aromatic nitrogens is 5. The van der Waals surface area contributed by atoms with E-state index in [0.29, 0.717) is 11.6 Å². The minimum atomic E-state index is -1.04. The molecule has 2 rings (SSSR count). The van der Waals surface area contributed by atoms with E-state index in [2.05, 4.69) is 30.7 Å². The molecule has 0 saturated heterocycles. The fourth-order valence-corrected chi connectivity index (χ4v) is 1.40. The van der Waals surface area contributed by atoms with Gasteiger partial charge in [0.05, 0.1) is 0 Å². The van der Waals surface area contributed by atoms with Crippen LogP contribution in [0.15, 0.2) is 18.3 Å². The minimum Gasteiger partial charge on any atom is -0.480 e. The minimum absolute atomic E-state index is 0.215. The zero-order chi connectivity index (χ0) is 16.5. The van der Waals surface area contributed by atoms with Crippen LogP contribution >= 0.6 is 0 Å². The highest BCUT2D eigenvalue weighted by molar-refractivity contribution is 5.73. The van der Waals surface area contributed by atoms with E-state index in [1.54, 1.807) is 25.3 Å². The van der Waals surface area contributed by atoms with E-state index in [0.717, 1.165) is 5.56 Å². The molecule has 2 heterocycles. The lowest BCUT2D eigenvalue weighted by Crippen LogP contribution is -2.32. The fourth-order valence-electron chi connectivity index (χ4n) is 1.40. The van der Waals surface area contributed by atoms with Crippen molar-refractivity contribution in [2.24, 2.45) is 5.73 Å². The van der Waals surface area contributed by atoms with Crippen LogP contribution in [0.4, 0.5) is 11.8 Å². The second-order valence-corrected chi connectivity index (χ2v) is 4.10. The lowest BCUT2D eigenvalue weighted by Gasteiger charge is -2.07. The summed E-state index contributed by atoms with van der Waals surface area (Å²) in [5.41, 5.74) is 6.17. The number of carboxylic acids is 1. The van der Waals surface area contributed by atoms with E-state index in [9.17, 15) is 4.79 Å². The Balaban J connectivity index is 0.00000116. The topological polar surface area (TPSA) is 140 Å². The molecule has 0 aromatic carbocycles. The maximum Gasteiger partial charge on any atom is 0.320 e. The van der Waals surface area contributed by atoms with Crippen molar-refractivity contribution >= 4 is 17.7 Å². The first kappa shape index (κ1) is 17.4. The Hall–Kier alpha value is -2.68. The molecule has 0 amide bonds. The molecule has 0 bridgehead atoms. The van der Waals surface area contributed by atoms with E-state index >= 15 is 0 Å². The summed E-state index contributed by atoms with van der Waals surface area (Å²) in [4.78, 5) is 14.8. The molecule has 4 N–H and O–H groups in total. The summed E-state index contributed by atoms with van der Waals surface area (Å²) in [5.74, 6) is 0.169. The van der Waals surface area contributed by atoms with Crippen molar-refractivity contribution in [3.05, 3.63) is 29.7 Å². The highest BCUT2D eigenvalue weighted by Gasteiger charge is 2.12. The Bertz CT molecular complexity index is 586. The molecule has 9 nitrogen and oxygen atoms in total. The number of aryl methyl sites for hydroxylation is 1. The molecule has 0 unspecified atom stereocenters.